The molecule has 0 radical (unpaired) electrons. The van der Waals surface area contributed by atoms with E-state index in [-0.39, 0.29) is 17.7 Å². The van der Waals surface area contributed by atoms with Gasteiger partial charge in [-0.05, 0) is 41.0 Å². The Morgan fingerprint density at radius 3 is 1.48 bits per heavy atom. The number of nitrogens with two attached hydrogens (primary N) is 1. The number of epoxide rings is 1. The van der Waals surface area contributed by atoms with Crippen molar-refractivity contribution in [3.8, 4) is 0 Å². The Labute approximate surface area is 144 Å². The smallest absolute Gasteiger partial charge is 0.134 e. The lowest BCUT2D eigenvalue weighted by atomic mass is 9.67. The third-order valence-corrected chi connectivity index (χ3v) is 4.78. The predicted molar refractivity (Wildman–Crippen MR) is 92.0 cm³/mol. The van der Waals surface area contributed by atoms with Crippen LogP contribution in [0.2, 0.25) is 0 Å². The molecule has 1 aliphatic rings. The van der Waals surface area contributed by atoms with E-state index >= 15 is 0 Å². The van der Waals surface area contributed by atoms with Gasteiger partial charge in [-0.25, -0.2) is 8.78 Å². The second kappa shape index (κ2) is 6.06. The summed E-state index contributed by atoms with van der Waals surface area (Å²) in [6, 6.07) is 22.4. The Balaban J connectivity index is 2.01. The van der Waals surface area contributed by atoms with Gasteiger partial charge >= 0.3 is 0 Å². The molecule has 0 amide bonds. The van der Waals surface area contributed by atoms with Gasteiger partial charge in [0.15, 0.2) is 0 Å². The van der Waals surface area contributed by atoms with Crippen molar-refractivity contribution >= 4 is 0 Å². The van der Waals surface area contributed by atoms with Crippen LogP contribution in [0.1, 0.15) is 16.7 Å². The lowest BCUT2D eigenvalue weighted by molar-refractivity contribution is 0.331. The van der Waals surface area contributed by atoms with E-state index in [1.54, 1.807) is 24.3 Å². The Morgan fingerprint density at radius 1 is 0.680 bits per heavy atom. The Hall–Kier alpha value is -2.56. The molecule has 126 valence electrons. The molecule has 4 heteroatoms. The van der Waals surface area contributed by atoms with Gasteiger partial charge in [-0.15, -0.1) is 0 Å². The quantitative estimate of drug-likeness (QED) is 0.578. The summed E-state index contributed by atoms with van der Waals surface area (Å²) in [5, 5.41) is 0. The molecule has 0 aliphatic carbocycles. The second-order valence-electron chi connectivity index (χ2n) is 6.21. The highest BCUT2D eigenvalue weighted by Gasteiger charge is 2.56. The van der Waals surface area contributed by atoms with Crippen molar-refractivity contribution in [2.45, 2.75) is 17.7 Å². The summed E-state index contributed by atoms with van der Waals surface area (Å²) in [6.07, 6.45) is -0.749. The average Bonchev–Trinajstić information content (AvgIpc) is 3.36. The van der Waals surface area contributed by atoms with E-state index in [1.165, 1.54) is 24.3 Å². The molecule has 1 fully saturated rings. The van der Waals surface area contributed by atoms with E-state index in [4.69, 9.17) is 10.5 Å². The summed E-state index contributed by atoms with van der Waals surface area (Å²) in [7, 11) is 0. The molecule has 2 N–H and O–H groups in total. The maximum atomic E-state index is 13.5. The van der Waals surface area contributed by atoms with Crippen molar-refractivity contribution in [3.63, 3.8) is 0 Å². The largest absolute Gasteiger partial charge is 0.352 e. The molecule has 2 nitrogen and oxygen atoms in total. The van der Waals surface area contributed by atoms with E-state index in [2.05, 4.69) is 0 Å². The third kappa shape index (κ3) is 2.64. The van der Waals surface area contributed by atoms with Gasteiger partial charge in [-0.1, -0.05) is 54.6 Å². The number of benzene rings is 3. The van der Waals surface area contributed by atoms with Crippen LogP contribution >= 0.6 is 0 Å². The summed E-state index contributed by atoms with van der Waals surface area (Å²) < 4.78 is 32.7. The summed E-state index contributed by atoms with van der Waals surface area (Å²) in [5.74, 6) is -0.628. The van der Waals surface area contributed by atoms with Gasteiger partial charge in [0.25, 0.3) is 0 Å². The van der Waals surface area contributed by atoms with Crippen molar-refractivity contribution in [1.82, 2.24) is 0 Å². The molecule has 4 rings (SSSR count). The topological polar surface area (TPSA) is 38.5 Å². The molecule has 3 aromatic rings. The van der Waals surface area contributed by atoms with Gasteiger partial charge in [0.2, 0.25) is 0 Å². The van der Waals surface area contributed by atoms with Gasteiger partial charge in [0.05, 0.1) is 5.41 Å². The van der Waals surface area contributed by atoms with E-state index < -0.39 is 11.6 Å². The molecular formula is C21H17F2NO. The number of halogens is 2. The molecule has 2 atom stereocenters. The van der Waals surface area contributed by atoms with Crippen molar-refractivity contribution in [3.05, 3.63) is 107 Å². The van der Waals surface area contributed by atoms with Crippen LogP contribution < -0.4 is 5.73 Å². The van der Waals surface area contributed by atoms with E-state index in [1.807, 2.05) is 30.3 Å². The standard InChI is InChI=1S/C21H17F2NO/c22-17-10-6-15(7-11-17)21(19-20(24)25-19,14-4-2-1-3-5-14)16-8-12-18(23)13-9-16/h1-13,19-20H,24H2. The van der Waals surface area contributed by atoms with Crippen molar-refractivity contribution in [2.75, 3.05) is 0 Å². The van der Waals surface area contributed by atoms with Crippen LogP contribution in [0.25, 0.3) is 0 Å². The van der Waals surface area contributed by atoms with Crippen LogP contribution in [-0.2, 0) is 10.2 Å². The van der Waals surface area contributed by atoms with Gasteiger partial charge in [-0.2, -0.15) is 0 Å². The summed E-state index contributed by atoms with van der Waals surface area (Å²) in [4.78, 5) is 0. The summed E-state index contributed by atoms with van der Waals surface area (Å²) in [5.41, 5.74) is 7.99. The maximum absolute atomic E-state index is 13.5. The lowest BCUT2D eigenvalue weighted by Crippen LogP contribution is -2.38. The molecule has 1 heterocycles. The first-order chi connectivity index (χ1) is 12.1. The minimum Gasteiger partial charge on any atom is -0.352 e. The van der Waals surface area contributed by atoms with Crippen LogP contribution in [0.3, 0.4) is 0 Å². The van der Waals surface area contributed by atoms with Gasteiger partial charge in [0.1, 0.15) is 24.0 Å². The average molecular weight is 337 g/mol. The molecule has 0 bridgehead atoms. The zero-order valence-corrected chi connectivity index (χ0v) is 13.4. The molecule has 1 aliphatic heterocycles. The Kier molecular flexibility index (Phi) is 3.86. The Morgan fingerprint density at radius 2 is 1.08 bits per heavy atom. The SMILES string of the molecule is NC1OC1C(c1ccccc1)(c1ccc(F)cc1)c1ccc(F)cc1. The van der Waals surface area contributed by atoms with Crippen LogP contribution in [-0.4, -0.2) is 12.3 Å². The number of ether oxygens (including phenoxy) is 1. The lowest BCUT2D eigenvalue weighted by Gasteiger charge is -2.34. The van der Waals surface area contributed by atoms with Crippen LogP contribution in [0.5, 0.6) is 0 Å². The first-order valence-electron chi connectivity index (χ1n) is 8.11. The summed E-state index contributed by atoms with van der Waals surface area (Å²) in [6.45, 7) is 0. The van der Waals surface area contributed by atoms with Crippen LogP contribution in [0, 0.1) is 11.6 Å². The molecule has 3 aromatic carbocycles. The molecular weight excluding hydrogens is 320 g/mol. The molecule has 1 saturated heterocycles. The van der Waals surface area contributed by atoms with E-state index in [0.717, 1.165) is 16.7 Å². The minimum absolute atomic E-state index is 0.314. The van der Waals surface area contributed by atoms with Gasteiger partial charge in [-0.3, -0.25) is 0 Å². The fourth-order valence-corrected chi connectivity index (χ4v) is 3.59. The number of hydrogen-bond acceptors (Lipinski definition) is 2. The first-order valence-corrected chi connectivity index (χ1v) is 8.11. The van der Waals surface area contributed by atoms with E-state index in [9.17, 15) is 8.78 Å². The maximum Gasteiger partial charge on any atom is 0.134 e. The van der Waals surface area contributed by atoms with Crippen molar-refractivity contribution in [2.24, 2.45) is 5.73 Å². The van der Waals surface area contributed by atoms with Gasteiger partial charge < -0.3 is 10.5 Å². The van der Waals surface area contributed by atoms with Crippen LogP contribution in [0.15, 0.2) is 78.9 Å². The predicted octanol–water partition coefficient (Wildman–Crippen LogP) is 3.98. The molecule has 0 aromatic heterocycles. The summed E-state index contributed by atoms with van der Waals surface area (Å²) >= 11 is 0. The fourth-order valence-electron chi connectivity index (χ4n) is 3.59. The third-order valence-electron chi connectivity index (χ3n) is 4.78. The van der Waals surface area contributed by atoms with Crippen molar-refractivity contribution in [1.29, 1.82) is 0 Å². The molecule has 0 saturated carbocycles. The highest BCUT2D eigenvalue weighted by Crippen LogP contribution is 2.49. The zero-order valence-electron chi connectivity index (χ0n) is 13.4. The minimum atomic E-state index is -0.734. The molecule has 0 spiro atoms. The highest BCUT2D eigenvalue weighted by molar-refractivity contribution is 5.53. The van der Waals surface area contributed by atoms with Crippen molar-refractivity contribution < 1.29 is 13.5 Å². The highest BCUT2D eigenvalue weighted by atomic mass is 19.1. The normalized spacial score (nSPS) is 19.6. The molecule has 25 heavy (non-hydrogen) atoms. The monoisotopic (exact) mass is 337 g/mol. The number of hydrogen-bond donors (Lipinski definition) is 1. The first kappa shape index (κ1) is 15.9. The molecule has 2 unspecified atom stereocenters. The second-order valence-corrected chi connectivity index (χ2v) is 6.21. The Bertz CT molecular complexity index is 817. The van der Waals surface area contributed by atoms with Crippen LogP contribution in [0.4, 0.5) is 8.78 Å². The fraction of sp³-hybridized carbons (Fsp3) is 0.143. The van der Waals surface area contributed by atoms with Gasteiger partial charge in [0, 0.05) is 0 Å². The zero-order chi connectivity index (χ0) is 17.4. The van der Waals surface area contributed by atoms with E-state index in [0.29, 0.717) is 0 Å². The number of rotatable bonds is 4.